The van der Waals surface area contributed by atoms with Crippen LogP contribution in [0.3, 0.4) is 0 Å². The van der Waals surface area contributed by atoms with Crippen LogP contribution in [-0.4, -0.2) is 124 Å². The van der Waals surface area contributed by atoms with E-state index in [-0.39, 0.29) is 22.6 Å². The third-order valence-electron chi connectivity index (χ3n) is 11.8. The van der Waals surface area contributed by atoms with E-state index in [2.05, 4.69) is 0 Å². The number of phenolic OH excluding ortho intramolecular Hbond substituents is 12. The van der Waals surface area contributed by atoms with Crippen molar-refractivity contribution in [2.75, 3.05) is 0 Å². The number of fused-ring (bicyclic) bond motifs is 6. The number of hydrogen-bond acceptors (Lipinski definition) is 23. The zero-order valence-electron chi connectivity index (χ0n) is 33.5. The number of ketones is 1. The first-order valence-corrected chi connectivity index (χ1v) is 19.5. The maximum Gasteiger partial charge on any atom is 0.338 e. The summed E-state index contributed by atoms with van der Waals surface area (Å²) in [5.74, 6) is -26.2. The van der Waals surface area contributed by atoms with Gasteiger partial charge in [-0.1, -0.05) is 0 Å². The van der Waals surface area contributed by atoms with Gasteiger partial charge in [0.2, 0.25) is 17.3 Å². The lowest BCUT2D eigenvalue weighted by atomic mass is 9.67. The molecule has 3 aliphatic heterocycles. The zero-order valence-corrected chi connectivity index (χ0v) is 33.5. The summed E-state index contributed by atoms with van der Waals surface area (Å²) in [6, 6.07) is 7.50. The minimum Gasteiger partial charge on any atom is -0.508 e. The summed E-state index contributed by atoms with van der Waals surface area (Å²) >= 11 is 0. The van der Waals surface area contributed by atoms with Gasteiger partial charge in [0.25, 0.3) is 0 Å². The molecule has 0 aromatic heterocycles. The molecule has 23 nitrogen and oxygen atoms in total. The van der Waals surface area contributed by atoms with Crippen LogP contribution in [0.25, 0.3) is 0 Å². The molecule has 348 valence electrons. The van der Waals surface area contributed by atoms with Crippen molar-refractivity contribution in [2.45, 2.75) is 54.7 Å². The predicted octanol–water partition coefficient (Wildman–Crippen LogP) is 1.64. The molecule has 2 bridgehead atoms. The SMILES string of the molecule is O=C(O[C@@H]1Cc2c(O)cc(O)cc2O[C@@H]1C1=CC(=O)[C@]2(O)Oc3c(O)c(O)cc([C@H]4Oc5cc(O)cc(O)c5C[C@H]4OC(=O)c4cc(O)c(O)c(O)c4)c3[C@H]1C2(O)O)c1cc(O)c(O)c(O)c1. The van der Waals surface area contributed by atoms with Crippen LogP contribution in [0.15, 0.2) is 66.2 Å². The number of ether oxygens (including phenoxy) is 5. The Bertz CT molecular complexity index is 2980. The standard InChI is InChI=1S/C44H34O23/c45-15-5-21(47)17-10-30(65-41(58)13-1-23(49)35(55)24(50)2-13)38(63-28(17)7-15)19-9-27(53)37(57)40-33(19)34-20(12-32(54)44(62,67-40)43(34,60)61)39-31(11-18-22(48)6-16(46)8-29(18)64-39)66-42(59)14-3-25(51)36(56)26(52)4-14/h1-9,12,30-31,34,38-39,45-53,55-57,60-62H,10-11H2/t30-,31-,34+,38-,39-,44+/m1/s1. The fourth-order valence-electron chi connectivity index (χ4n) is 8.64. The minimum absolute atomic E-state index is 0.0889. The number of carbonyl (C=O) groups is 3. The van der Waals surface area contributed by atoms with Gasteiger partial charge in [-0.2, -0.15) is 0 Å². The van der Waals surface area contributed by atoms with Crippen LogP contribution in [-0.2, 0) is 27.1 Å². The van der Waals surface area contributed by atoms with E-state index in [0.29, 0.717) is 18.2 Å². The number of benzene rings is 5. The van der Waals surface area contributed by atoms with Crippen molar-refractivity contribution in [3.05, 3.63) is 99.6 Å². The summed E-state index contributed by atoms with van der Waals surface area (Å²) in [7, 11) is 0. The molecule has 0 saturated heterocycles. The molecule has 0 spiro atoms. The third kappa shape index (κ3) is 6.74. The quantitative estimate of drug-likeness (QED) is 0.0653. The van der Waals surface area contributed by atoms with Gasteiger partial charge in [-0.05, 0) is 42.0 Å². The molecule has 0 saturated carbocycles. The van der Waals surface area contributed by atoms with E-state index >= 15 is 0 Å². The lowest BCUT2D eigenvalue weighted by molar-refractivity contribution is -0.340. The second kappa shape index (κ2) is 14.9. The molecule has 4 aliphatic rings. The van der Waals surface area contributed by atoms with Crippen LogP contribution in [0, 0.1) is 0 Å². The van der Waals surface area contributed by atoms with Gasteiger partial charge in [0, 0.05) is 59.4 Å². The number of esters is 2. The lowest BCUT2D eigenvalue weighted by Crippen LogP contribution is -2.70. The Hall–Kier alpha value is -8.67. The molecule has 0 fully saturated rings. The molecule has 0 unspecified atom stereocenters. The highest BCUT2D eigenvalue weighted by Gasteiger charge is 2.70. The largest absolute Gasteiger partial charge is 0.508 e. The summed E-state index contributed by atoms with van der Waals surface area (Å²) in [5.41, 5.74) is -3.10. The second-order valence-electron chi connectivity index (χ2n) is 16.0. The molecule has 5 aromatic carbocycles. The van der Waals surface area contributed by atoms with Crippen LogP contribution < -0.4 is 14.2 Å². The van der Waals surface area contributed by atoms with Gasteiger partial charge < -0.3 is 100 Å². The molecular formula is C44H34O23. The molecule has 67 heavy (non-hydrogen) atoms. The normalized spacial score (nSPS) is 23.2. The van der Waals surface area contributed by atoms with Crippen LogP contribution >= 0.6 is 0 Å². The molecule has 0 radical (unpaired) electrons. The lowest BCUT2D eigenvalue weighted by Gasteiger charge is -2.52. The van der Waals surface area contributed by atoms with E-state index in [1.165, 1.54) is 0 Å². The number of carbonyl (C=O) groups excluding carboxylic acids is 3. The summed E-state index contributed by atoms with van der Waals surface area (Å²) in [6.07, 6.45) is -7.82. The van der Waals surface area contributed by atoms with Gasteiger partial charge in [-0.15, -0.1) is 0 Å². The molecule has 15 N–H and O–H groups in total. The van der Waals surface area contributed by atoms with Crippen molar-refractivity contribution in [2.24, 2.45) is 0 Å². The van der Waals surface area contributed by atoms with E-state index in [4.69, 9.17) is 23.7 Å². The van der Waals surface area contributed by atoms with Crippen LogP contribution in [0.5, 0.6) is 86.2 Å². The zero-order chi connectivity index (χ0) is 48.3. The van der Waals surface area contributed by atoms with Crippen molar-refractivity contribution < 1.29 is 115 Å². The van der Waals surface area contributed by atoms with Crippen LogP contribution in [0.1, 0.15) is 55.0 Å². The van der Waals surface area contributed by atoms with E-state index in [9.17, 15) is 91.0 Å². The molecule has 23 heteroatoms. The van der Waals surface area contributed by atoms with E-state index in [0.717, 1.165) is 42.5 Å². The molecule has 6 atom stereocenters. The first-order valence-electron chi connectivity index (χ1n) is 19.5. The number of aromatic hydroxyl groups is 12. The van der Waals surface area contributed by atoms with Crippen LogP contribution in [0.4, 0.5) is 0 Å². The molecule has 5 aromatic rings. The first kappa shape index (κ1) is 43.6. The van der Waals surface area contributed by atoms with E-state index in [1.807, 2.05) is 0 Å². The van der Waals surface area contributed by atoms with Crippen molar-refractivity contribution >= 4 is 17.7 Å². The summed E-state index contributed by atoms with van der Waals surface area (Å²) in [5, 5.41) is 161. The third-order valence-corrected chi connectivity index (χ3v) is 11.8. The van der Waals surface area contributed by atoms with Gasteiger partial charge >= 0.3 is 17.7 Å². The highest BCUT2D eigenvalue weighted by molar-refractivity contribution is 6.00. The maximum atomic E-state index is 14.0. The van der Waals surface area contributed by atoms with Crippen LogP contribution in [0.2, 0.25) is 0 Å². The summed E-state index contributed by atoms with van der Waals surface area (Å²) < 4.78 is 29.3. The fourth-order valence-corrected chi connectivity index (χ4v) is 8.64. The number of aliphatic hydroxyl groups is 3. The molecule has 3 heterocycles. The number of hydrogen-bond donors (Lipinski definition) is 15. The Labute approximate surface area is 372 Å². The topological polar surface area (TPSA) is 401 Å². The smallest absolute Gasteiger partial charge is 0.338 e. The predicted molar refractivity (Wildman–Crippen MR) is 214 cm³/mol. The summed E-state index contributed by atoms with van der Waals surface area (Å²) in [6.45, 7) is 0. The highest BCUT2D eigenvalue weighted by atomic mass is 16.7. The van der Waals surface area contributed by atoms with Crippen molar-refractivity contribution in [1.29, 1.82) is 0 Å². The van der Waals surface area contributed by atoms with Gasteiger partial charge in [0.05, 0.1) is 17.0 Å². The van der Waals surface area contributed by atoms with Crippen molar-refractivity contribution in [1.82, 2.24) is 0 Å². The van der Waals surface area contributed by atoms with Gasteiger partial charge in [-0.3, -0.25) is 4.79 Å². The molecule has 9 rings (SSSR count). The summed E-state index contributed by atoms with van der Waals surface area (Å²) in [4.78, 5) is 41.4. The number of phenols is 12. The Balaban J connectivity index is 1.23. The second-order valence-corrected chi connectivity index (χ2v) is 16.0. The Morgan fingerprint density at radius 2 is 0.985 bits per heavy atom. The van der Waals surface area contributed by atoms with E-state index < -0.39 is 175 Å². The molecular weight excluding hydrogens is 896 g/mol. The maximum absolute atomic E-state index is 14.0. The Morgan fingerprint density at radius 3 is 1.46 bits per heavy atom. The monoisotopic (exact) mass is 930 g/mol. The van der Waals surface area contributed by atoms with Gasteiger partial charge in [0.15, 0.2) is 58.2 Å². The highest BCUT2D eigenvalue weighted by Crippen LogP contribution is 2.61. The Kier molecular flexibility index (Phi) is 9.72. The van der Waals surface area contributed by atoms with Gasteiger partial charge in [0.1, 0.15) is 46.7 Å². The van der Waals surface area contributed by atoms with Gasteiger partial charge in [-0.25, -0.2) is 9.59 Å². The average Bonchev–Trinajstić information content (AvgIpc) is 3.25. The van der Waals surface area contributed by atoms with Crippen molar-refractivity contribution in [3.63, 3.8) is 0 Å². The fraction of sp³-hybridized carbons (Fsp3) is 0.205. The van der Waals surface area contributed by atoms with E-state index in [1.54, 1.807) is 0 Å². The van der Waals surface area contributed by atoms with Crippen molar-refractivity contribution in [3.8, 4) is 86.2 Å². The average molecular weight is 931 g/mol. The Morgan fingerprint density at radius 1 is 0.552 bits per heavy atom. The minimum atomic E-state index is -3.86. The first-order chi connectivity index (χ1) is 31.5. The molecule has 0 amide bonds. The molecule has 1 aliphatic carbocycles. The number of rotatable bonds is 6.